The van der Waals surface area contributed by atoms with Crippen LogP contribution in [-0.2, 0) is 12.8 Å². The molecule has 1 aromatic carbocycles. The molecule has 3 heteroatoms. The van der Waals surface area contributed by atoms with Crippen LogP contribution in [-0.4, -0.2) is 18.6 Å². The number of hydrogen-bond acceptors (Lipinski definition) is 3. The topological polar surface area (TPSA) is 42.1 Å². The van der Waals surface area contributed by atoms with Gasteiger partial charge in [-0.25, -0.2) is 4.98 Å². The lowest BCUT2D eigenvalue weighted by atomic mass is 10.1. The summed E-state index contributed by atoms with van der Waals surface area (Å²) in [4.78, 5) is 6.58. The normalized spacial score (nSPS) is 10.5. The van der Waals surface area contributed by atoms with Crippen molar-refractivity contribution in [3.05, 3.63) is 53.7 Å². The van der Waals surface area contributed by atoms with Crippen molar-refractivity contribution in [3.8, 4) is 0 Å². The molecule has 0 saturated carbocycles. The number of nitrogens with two attached hydrogens (primary N) is 1. The van der Waals surface area contributed by atoms with E-state index in [0.717, 1.165) is 24.3 Å². The summed E-state index contributed by atoms with van der Waals surface area (Å²) in [6, 6.07) is 12.7. The van der Waals surface area contributed by atoms with E-state index in [-0.39, 0.29) is 0 Å². The summed E-state index contributed by atoms with van der Waals surface area (Å²) < 4.78 is 0. The monoisotopic (exact) mass is 255 g/mol. The molecule has 0 radical (unpaired) electrons. The number of nitrogens with zero attached hydrogens (tertiary/aromatic N) is 2. The van der Waals surface area contributed by atoms with Crippen LogP contribution in [0.5, 0.6) is 0 Å². The maximum Gasteiger partial charge on any atom is 0.132 e. The van der Waals surface area contributed by atoms with E-state index in [0.29, 0.717) is 6.54 Å². The molecule has 0 aliphatic rings. The average Bonchev–Trinajstić information content (AvgIpc) is 2.48. The van der Waals surface area contributed by atoms with Crippen molar-refractivity contribution in [3.63, 3.8) is 0 Å². The second-order valence-corrected chi connectivity index (χ2v) is 4.64. The Labute approximate surface area is 115 Å². The molecule has 3 nitrogen and oxygen atoms in total. The fourth-order valence-electron chi connectivity index (χ4n) is 2.02. The van der Waals surface area contributed by atoms with E-state index >= 15 is 0 Å². The Bertz CT molecular complexity index is 503. The first-order valence-corrected chi connectivity index (χ1v) is 6.72. The summed E-state index contributed by atoms with van der Waals surface area (Å²) in [7, 11) is 2.03. The second-order valence-electron chi connectivity index (χ2n) is 4.64. The van der Waals surface area contributed by atoms with Crippen LogP contribution in [0.1, 0.15) is 18.1 Å². The molecule has 2 rings (SSSR count). The molecule has 0 fully saturated rings. The number of benzene rings is 1. The maximum absolute atomic E-state index is 5.54. The summed E-state index contributed by atoms with van der Waals surface area (Å²) in [5.74, 6) is 0.949. The van der Waals surface area contributed by atoms with Crippen molar-refractivity contribution in [1.29, 1.82) is 0 Å². The number of pyridine rings is 1. The van der Waals surface area contributed by atoms with Crippen molar-refractivity contribution in [2.75, 3.05) is 18.5 Å². The van der Waals surface area contributed by atoms with Gasteiger partial charge >= 0.3 is 0 Å². The van der Waals surface area contributed by atoms with Crippen molar-refractivity contribution in [2.24, 2.45) is 5.73 Å². The Balaban J connectivity index is 2.15. The summed E-state index contributed by atoms with van der Waals surface area (Å²) in [6.45, 7) is 2.83. The van der Waals surface area contributed by atoms with Crippen molar-refractivity contribution in [1.82, 2.24) is 4.98 Å². The van der Waals surface area contributed by atoms with Crippen LogP contribution in [0.15, 0.2) is 42.6 Å². The van der Waals surface area contributed by atoms with Crippen LogP contribution in [0.3, 0.4) is 0 Å². The van der Waals surface area contributed by atoms with E-state index in [4.69, 9.17) is 5.73 Å². The molecule has 0 amide bonds. The fraction of sp³-hybridized carbons (Fsp3) is 0.312. The van der Waals surface area contributed by atoms with Gasteiger partial charge in [-0.05, 0) is 48.7 Å². The van der Waals surface area contributed by atoms with Crippen molar-refractivity contribution in [2.45, 2.75) is 19.8 Å². The molecule has 0 unspecified atom stereocenters. The van der Waals surface area contributed by atoms with Gasteiger partial charge in [0.1, 0.15) is 5.82 Å². The van der Waals surface area contributed by atoms with Crippen LogP contribution in [0.2, 0.25) is 0 Å². The third kappa shape index (κ3) is 3.32. The highest BCUT2D eigenvalue weighted by Gasteiger charge is 2.05. The minimum absolute atomic E-state index is 0.662. The van der Waals surface area contributed by atoms with Gasteiger partial charge in [-0.2, -0.15) is 0 Å². The smallest absolute Gasteiger partial charge is 0.132 e. The van der Waals surface area contributed by atoms with Gasteiger partial charge in [0.15, 0.2) is 0 Å². The molecular weight excluding hydrogens is 234 g/mol. The largest absolute Gasteiger partial charge is 0.330 e. The highest BCUT2D eigenvalue weighted by atomic mass is 15.2. The zero-order valence-corrected chi connectivity index (χ0v) is 11.6. The van der Waals surface area contributed by atoms with Crippen LogP contribution in [0.4, 0.5) is 11.5 Å². The molecule has 100 valence electrons. The predicted molar refractivity (Wildman–Crippen MR) is 80.9 cm³/mol. The summed E-state index contributed by atoms with van der Waals surface area (Å²) >= 11 is 0. The number of hydrogen-bond donors (Lipinski definition) is 1. The lowest BCUT2D eigenvalue weighted by molar-refractivity contribution is 0.955. The number of anilines is 2. The number of aromatic nitrogens is 1. The maximum atomic E-state index is 5.54. The van der Waals surface area contributed by atoms with Crippen LogP contribution in [0, 0.1) is 0 Å². The highest BCUT2D eigenvalue weighted by molar-refractivity contribution is 5.59. The average molecular weight is 255 g/mol. The Kier molecular flexibility index (Phi) is 4.53. The van der Waals surface area contributed by atoms with Crippen molar-refractivity contribution < 1.29 is 0 Å². The summed E-state index contributed by atoms with van der Waals surface area (Å²) in [5.41, 5.74) is 9.22. The van der Waals surface area contributed by atoms with E-state index in [9.17, 15) is 0 Å². The van der Waals surface area contributed by atoms with Gasteiger partial charge in [-0.1, -0.05) is 25.1 Å². The van der Waals surface area contributed by atoms with E-state index in [1.165, 1.54) is 11.1 Å². The molecule has 1 heterocycles. The molecule has 19 heavy (non-hydrogen) atoms. The molecule has 2 aromatic rings. The Morgan fingerprint density at radius 2 is 1.74 bits per heavy atom. The standard InChI is InChI=1S/C16H21N3/c1-3-13-4-7-15(8-5-13)19(2)16-9-6-14(10-11-17)12-18-16/h4-9,12H,3,10-11,17H2,1-2H3. The van der Waals surface area contributed by atoms with E-state index in [2.05, 4.69) is 47.1 Å². The summed E-state index contributed by atoms with van der Waals surface area (Å²) in [5, 5.41) is 0. The van der Waals surface area contributed by atoms with Crippen LogP contribution >= 0.6 is 0 Å². The molecular formula is C16H21N3. The Morgan fingerprint density at radius 1 is 1.05 bits per heavy atom. The molecule has 2 N–H and O–H groups in total. The third-order valence-corrected chi connectivity index (χ3v) is 3.32. The summed E-state index contributed by atoms with van der Waals surface area (Å²) in [6.07, 6.45) is 3.84. The Hall–Kier alpha value is -1.87. The van der Waals surface area contributed by atoms with Gasteiger partial charge in [-0.3, -0.25) is 0 Å². The molecule has 0 saturated heterocycles. The Morgan fingerprint density at radius 3 is 2.26 bits per heavy atom. The molecule has 0 atom stereocenters. The van der Waals surface area contributed by atoms with Gasteiger partial charge in [0.25, 0.3) is 0 Å². The SMILES string of the molecule is CCc1ccc(N(C)c2ccc(CCN)cn2)cc1. The molecule has 0 aliphatic heterocycles. The zero-order valence-electron chi connectivity index (χ0n) is 11.6. The fourth-order valence-corrected chi connectivity index (χ4v) is 2.02. The predicted octanol–water partition coefficient (Wildman–Crippen LogP) is 2.91. The van der Waals surface area contributed by atoms with E-state index in [1.54, 1.807) is 0 Å². The molecule has 0 spiro atoms. The lowest BCUT2D eigenvalue weighted by Gasteiger charge is -2.18. The second kappa shape index (κ2) is 6.34. The van der Waals surface area contributed by atoms with Gasteiger partial charge in [-0.15, -0.1) is 0 Å². The van der Waals surface area contributed by atoms with Crippen molar-refractivity contribution >= 4 is 11.5 Å². The minimum Gasteiger partial charge on any atom is -0.330 e. The minimum atomic E-state index is 0.662. The molecule has 1 aromatic heterocycles. The van der Waals surface area contributed by atoms with Gasteiger partial charge in [0.2, 0.25) is 0 Å². The van der Waals surface area contributed by atoms with E-state index < -0.39 is 0 Å². The van der Waals surface area contributed by atoms with E-state index in [1.807, 2.05) is 19.3 Å². The van der Waals surface area contributed by atoms with Crippen LogP contribution in [0.25, 0.3) is 0 Å². The van der Waals surface area contributed by atoms with Gasteiger partial charge < -0.3 is 10.6 Å². The van der Waals surface area contributed by atoms with Gasteiger partial charge in [0.05, 0.1) is 0 Å². The molecule has 0 bridgehead atoms. The molecule has 0 aliphatic carbocycles. The first-order valence-electron chi connectivity index (χ1n) is 6.72. The first-order chi connectivity index (χ1) is 9.24. The highest BCUT2D eigenvalue weighted by Crippen LogP contribution is 2.22. The quantitative estimate of drug-likeness (QED) is 0.893. The third-order valence-electron chi connectivity index (χ3n) is 3.32. The lowest BCUT2D eigenvalue weighted by Crippen LogP contribution is -2.11. The number of aryl methyl sites for hydroxylation is 1. The first kappa shape index (κ1) is 13.6. The van der Waals surface area contributed by atoms with Crippen LogP contribution < -0.4 is 10.6 Å². The zero-order chi connectivity index (χ0) is 13.7. The van der Waals surface area contributed by atoms with Gasteiger partial charge in [0, 0.05) is 18.9 Å². The number of rotatable bonds is 5.